The summed E-state index contributed by atoms with van der Waals surface area (Å²) in [5.74, 6) is -0.530. The number of hydrogen-bond acceptors (Lipinski definition) is 3. The molecule has 0 spiro atoms. The number of nitrogens with zero attached hydrogens (tertiary/aromatic N) is 3. The van der Waals surface area contributed by atoms with Crippen molar-refractivity contribution in [2.45, 2.75) is 13.8 Å². The number of carbonyl (C=O) groups is 1. The third kappa shape index (κ3) is 4.31. The summed E-state index contributed by atoms with van der Waals surface area (Å²) in [6.45, 7) is 3.72. The predicted molar refractivity (Wildman–Crippen MR) is 121 cm³/mol. The lowest BCUT2D eigenvalue weighted by Gasteiger charge is -2.10. The van der Waals surface area contributed by atoms with Crippen LogP contribution in [0.15, 0.2) is 60.7 Å². The molecule has 0 aliphatic heterocycles. The normalized spacial score (nSPS) is 10.9. The van der Waals surface area contributed by atoms with Crippen LogP contribution in [-0.2, 0) is 0 Å². The zero-order valence-electron chi connectivity index (χ0n) is 16.7. The molecule has 0 saturated carbocycles. The van der Waals surface area contributed by atoms with E-state index in [2.05, 4.69) is 15.4 Å². The minimum absolute atomic E-state index is 0.0459. The largest absolute Gasteiger partial charge is 0.319 e. The molecule has 1 amide bonds. The fourth-order valence-electron chi connectivity index (χ4n) is 3.05. The summed E-state index contributed by atoms with van der Waals surface area (Å²) in [7, 11) is 0. The van der Waals surface area contributed by atoms with Crippen molar-refractivity contribution < 1.29 is 9.18 Å². The second kappa shape index (κ2) is 8.49. The van der Waals surface area contributed by atoms with Gasteiger partial charge in [-0.15, -0.1) is 5.10 Å². The van der Waals surface area contributed by atoms with Gasteiger partial charge in [0.25, 0.3) is 5.91 Å². The van der Waals surface area contributed by atoms with Crippen LogP contribution >= 0.6 is 23.2 Å². The highest BCUT2D eigenvalue weighted by Gasteiger charge is 2.20. The smallest absolute Gasteiger partial charge is 0.295 e. The van der Waals surface area contributed by atoms with Crippen molar-refractivity contribution >= 4 is 34.8 Å². The van der Waals surface area contributed by atoms with E-state index in [1.807, 2.05) is 26.0 Å². The molecule has 5 nitrogen and oxygen atoms in total. The van der Waals surface area contributed by atoms with Crippen molar-refractivity contribution in [3.63, 3.8) is 0 Å². The van der Waals surface area contributed by atoms with Crippen molar-refractivity contribution in [2.24, 2.45) is 0 Å². The van der Waals surface area contributed by atoms with Crippen LogP contribution in [0.2, 0.25) is 10.0 Å². The molecule has 0 atom stereocenters. The van der Waals surface area contributed by atoms with Gasteiger partial charge in [-0.05, 0) is 73.5 Å². The molecule has 8 heteroatoms. The van der Waals surface area contributed by atoms with Gasteiger partial charge in [-0.25, -0.2) is 14.1 Å². The van der Waals surface area contributed by atoms with E-state index >= 15 is 0 Å². The molecule has 1 N–H and O–H groups in total. The molecule has 0 bridgehead atoms. The van der Waals surface area contributed by atoms with Crippen molar-refractivity contribution in [1.82, 2.24) is 14.8 Å². The highest BCUT2D eigenvalue weighted by molar-refractivity contribution is 6.32. The average Bonchev–Trinajstić information content (AvgIpc) is 3.18. The SMILES string of the molecule is Cc1ccc(NC(=O)c2nc(-c3ccc(F)cc3)n(-c3cccc(Cl)c3C)n2)cc1Cl. The molecular weight excluding hydrogens is 438 g/mol. The molecule has 0 radical (unpaired) electrons. The summed E-state index contributed by atoms with van der Waals surface area (Å²) in [5, 5.41) is 8.28. The van der Waals surface area contributed by atoms with E-state index in [1.165, 1.54) is 16.8 Å². The number of carbonyl (C=O) groups excluding carboxylic acids is 1. The highest BCUT2D eigenvalue weighted by atomic mass is 35.5. The lowest BCUT2D eigenvalue weighted by atomic mass is 10.1. The Kier molecular flexibility index (Phi) is 5.76. The van der Waals surface area contributed by atoms with Crippen LogP contribution in [0.4, 0.5) is 10.1 Å². The number of nitrogens with one attached hydrogen (secondary N) is 1. The van der Waals surface area contributed by atoms with Crippen LogP contribution in [-0.4, -0.2) is 20.7 Å². The molecular formula is C23H17Cl2FN4O. The Labute approximate surface area is 188 Å². The number of hydrogen-bond donors (Lipinski definition) is 1. The molecule has 3 aromatic carbocycles. The maximum Gasteiger partial charge on any atom is 0.295 e. The second-order valence-corrected chi connectivity index (χ2v) is 7.79. The van der Waals surface area contributed by atoms with Crippen LogP contribution in [0.3, 0.4) is 0 Å². The van der Waals surface area contributed by atoms with Gasteiger partial charge in [-0.2, -0.15) is 0 Å². The third-order valence-corrected chi connectivity index (χ3v) is 5.63. The molecule has 31 heavy (non-hydrogen) atoms. The fraction of sp³-hybridized carbons (Fsp3) is 0.0870. The zero-order valence-corrected chi connectivity index (χ0v) is 18.2. The topological polar surface area (TPSA) is 59.8 Å². The average molecular weight is 455 g/mol. The van der Waals surface area contributed by atoms with Gasteiger partial charge >= 0.3 is 0 Å². The van der Waals surface area contributed by atoms with Crippen molar-refractivity contribution in [1.29, 1.82) is 0 Å². The van der Waals surface area contributed by atoms with Crippen LogP contribution in [0.1, 0.15) is 21.7 Å². The standard InChI is InChI=1S/C23H17Cl2FN4O/c1-13-6-11-17(12-19(13)25)27-23(31)21-28-22(15-7-9-16(26)10-8-15)30(29-21)20-5-3-4-18(24)14(20)2/h3-12H,1-2H3,(H,27,31). The van der Waals surface area contributed by atoms with Gasteiger partial charge in [0.2, 0.25) is 5.82 Å². The Balaban J connectivity index is 1.79. The van der Waals surface area contributed by atoms with Crippen LogP contribution in [0.5, 0.6) is 0 Å². The van der Waals surface area contributed by atoms with E-state index < -0.39 is 5.91 Å². The second-order valence-electron chi connectivity index (χ2n) is 6.98. The minimum atomic E-state index is -0.498. The Bertz CT molecular complexity index is 1290. The number of amides is 1. The minimum Gasteiger partial charge on any atom is -0.319 e. The van der Waals surface area contributed by atoms with Gasteiger partial charge < -0.3 is 5.32 Å². The number of rotatable bonds is 4. The van der Waals surface area contributed by atoms with Crippen molar-refractivity contribution in [3.8, 4) is 17.1 Å². The molecule has 0 fully saturated rings. The first-order chi connectivity index (χ1) is 14.8. The summed E-state index contributed by atoms with van der Waals surface area (Å²) in [4.78, 5) is 17.3. The summed E-state index contributed by atoms with van der Waals surface area (Å²) >= 11 is 12.4. The van der Waals surface area contributed by atoms with Crippen molar-refractivity contribution in [2.75, 3.05) is 5.32 Å². The first-order valence-electron chi connectivity index (χ1n) is 9.39. The van der Waals surface area contributed by atoms with E-state index in [0.29, 0.717) is 32.8 Å². The van der Waals surface area contributed by atoms with Crippen LogP contribution < -0.4 is 5.32 Å². The molecule has 4 aromatic rings. The van der Waals surface area contributed by atoms with Gasteiger partial charge in [-0.3, -0.25) is 4.79 Å². The summed E-state index contributed by atoms with van der Waals surface area (Å²) in [6, 6.07) is 16.4. The van der Waals surface area contributed by atoms with E-state index in [-0.39, 0.29) is 11.6 Å². The van der Waals surface area contributed by atoms with Crippen molar-refractivity contribution in [3.05, 3.63) is 93.5 Å². The molecule has 0 aliphatic carbocycles. The maximum atomic E-state index is 13.4. The number of halogens is 3. The lowest BCUT2D eigenvalue weighted by molar-refractivity contribution is 0.101. The lowest BCUT2D eigenvalue weighted by Crippen LogP contribution is -2.14. The first-order valence-corrected chi connectivity index (χ1v) is 10.1. The van der Waals surface area contributed by atoms with E-state index in [4.69, 9.17) is 23.2 Å². The Morgan fingerprint density at radius 3 is 2.45 bits per heavy atom. The van der Waals surface area contributed by atoms with Crippen LogP contribution in [0.25, 0.3) is 17.1 Å². The number of aromatic nitrogens is 3. The molecule has 1 heterocycles. The number of anilines is 1. The summed E-state index contributed by atoms with van der Waals surface area (Å²) in [6.07, 6.45) is 0. The summed E-state index contributed by atoms with van der Waals surface area (Å²) < 4.78 is 15.0. The quantitative estimate of drug-likeness (QED) is 0.396. The van der Waals surface area contributed by atoms with E-state index in [9.17, 15) is 9.18 Å². The Morgan fingerprint density at radius 2 is 1.74 bits per heavy atom. The van der Waals surface area contributed by atoms with E-state index in [0.717, 1.165) is 11.1 Å². The molecule has 156 valence electrons. The molecule has 1 aromatic heterocycles. The van der Waals surface area contributed by atoms with Gasteiger partial charge in [0.15, 0.2) is 5.82 Å². The predicted octanol–water partition coefficient (Wildman–Crippen LogP) is 6.25. The third-order valence-electron chi connectivity index (χ3n) is 4.81. The van der Waals surface area contributed by atoms with Gasteiger partial charge in [0, 0.05) is 21.3 Å². The molecule has 0 saturated heterocycles. The molecule has 0 unspecified atom stereocenters. The number of aryl methyl sites for hydroxylation is 1. The Hall–Kier alpha value is -3.22. The monoisotopic (exact) mass is 454 g/mol. The summed E-state index contributed by atoms with van der Waals surface area (Å²) in [5.41, 5.74) is 3.47. The Morgan fingerprint density at radius 1 is 1.00 bits per heavy atom. The first kappa shape index (κ1) is 21.0. The fourth-order valence-corrected chi connectivity index (χ4v) is 3.40. The highest BCUT2D eigenvalue weighted by Crippen LogP contribution is 2.27. The van der Waals surface area contributed by atoms with Gasteiger partial charge in [0.1, 0.15) is 5.82 Å². The zero-order chi connectivity index (χ0) is 22.1. The van der Waals surface area contributed by atoms with Gasteiger partial charge in [0.05, 0.1) is 5.69 Å². The number of benzene rings is 3. The van der Waals surface area contributed by atoms with Gasteiger partial charge in [-0.1, -0.05) is 35.3 Å². The van der Waals surface area contributed by atoms with E-state index in [1.54, 1.807) is 36.4 Å². The molecule has 4 rings (SSSR count). The van der Waals surface area contributed by atoms with Crippen LogP contribution in [0, 0.1) is 19.7 Å². The maximum absolute atomic E-state index is 13.4. The molecule has 0 aliphatic rings.